The first-order valence-electron chi connectivity index (χ1n) is 6.15. The van der Waals surface area contributed by atoms with E-state index in [1.165, 1.54) is 25.2 Å². The second-order valence-corrected chi connectivity index (χ2v) is 6.89. The number of nitrogens with two attached hydrogens (primary N) is 1. The lowest BCUT2D eigenvalue weighted by molar-refractivity contribution is -0.128. The van der Waals surface area contributed by atoms with E-state index in [0.29, 0.717) is 0 Å². The van der Waals surface area contributed by atoms with Crippen LogP contribution < -0.4 is 15.8 Å². The van der Waals surface area contributed by atoms with Gasteiger partial charge in [0.15, 0.2) is 0 Å². The van der Waals surface area contributed by atoms with Gasteiger partial charge in [-0.2, -0.15) is 5.26 Å². The molecule has 0 aliphatic carbocycles. The number of amides is 1. The SMILES string of the molecule is CNC(=O)C(C)(C)CNS(=O)(=O)c1ccc(C#N)cc1N. The van der Waals surface area contributed by atoms with Crippen molar-refractivity contribution in [2.75, 3.05) is 19.3 Å². The molecule has 1 rings (SSSR count). The largest absolute Gasteiger partial charge is 0.398 e. The van der Waals surface area contributed by atoms with E-state index in [2.05, 4.69) is 10.0 Å². The van der Waals surface area contributed by atoms with E-state index in [4.69, 9.17) is 11.0 Å². The predicted octanol–water partition coefficient (Wildman–Crippen LogP) is 0.191. The predicted molar refractivity (Wildman–Crippen MR) is 78.6 cm³/mol. The number of hydrogen-bond donors (Lipinski definition) is 3. The lowest BCUT2D eigenvalue weighted by Crippen LogP contribution is -2.43. The average Bonchev–Trinajstić information content (AvgIpc) is 2.44. The number of anilines is 1. The number of nitrogens with zero attached hydrogens (tertiary/aromatic N) is 1. The number of nitriles is 1. The second-order valence-electron chi connectivity index (χ2n) is 5.15. The summed E-state index contributed by atoms with van der Waals surface area (Å²) in [5, 5.41) is 11.2. The fourth-order valence-corrected chi connectivity index (χ4v) is 2.96. The summed E-state index contributed by atoms with van der Waals surface area (Å²) >= 11 is 0. The van der Waals surface area contributed by atoms with Crippen LogP contribution in [0.2, 0.25) is 0 Å². The second kappa shape index (κ2) is 6.11. The molecule has 0 saturated carbocycles. The van der Waals surface area contributed by atoms with Crippen LogP contribution >= 0.6 is 0 Å². The molecule has 0 saturated heterocycles. The molecule has 8 heteroatoms. The molecule has 0 heterocycles. The van der Waals surface area contributed by atoms with Gasteiger partial charge in [0.2, 0.25) is 15.9 Å². The van der Waals surface area contributed by atoms with Crippen molar-refractivity contribution in [3.63, 3.8) is 0 Å². The molecule has 1 amide bonds. The maximum Gasteiger partial charge on any atom is 0.242 e. The quantitative estimate of drug-likeness (QED) is 0.669. The van der Waals surface area contributed by atoms with E-state index in [1.54, 1.807) is 13.8 Å². The highest BCUT2D eigenvalue weighted by molar-refractivity contribution is 7.89. The molecule has 0 aromatic heterocycles. The van der Waals surface area contributed by atoms with Crippen LogP contribution in [-0.2, 0) is 14.8 Å². The van der Waals surface area contributed by atoms with Crippen molar-refractivity contribution in [2.45, 2.75) is 18.7 Å². The van der Waals surface area contributed by atoms with Gasteiger partial charge in [0.1, 0.15) is 4.90 Å². The molecule has 0 atom stereocenters. The molecule has 0 unspecified atom stereocenters. The number of nitrogen functional groups attached to an aromatic ring is 1. The molecule has 0 bridgehead atoms. The Morgan fingerprint density at radius 3 is 2.52 bits per heavy atom. The van der Waals surface area contributed by atoms with Gasteiger partial charge in [-0.05, 0) is 32.0 Å². The van der Waals surface area contributed by atoms with Crippen molar-refractivity contribution < 1.29 is 13.2 Å². The minimum atomic E-state index is -3.86. The Hall–Kier alpha value is -2.11. The van der Waals surface area contributed by atoms with Crippen molar-refractivity contribution in [3.05, 3.63) is 23.8 Å². The van der Waals surface area contributed by atoms with Gasteiger partial charge in [-0.3, -0.25) is 4.79 Å². The van der Waals surface area contributed by atoms with E-state index >= 15 is 0 Å². The zero-order chi connectivity index (χ0) is 16.3. The minimum absolute atomic E-state index is 0.0145. The highest BCUT2D eigenvalue weighted by Crippen LogP contribution is 2.21. The number of carbonyl (C=O) groups is 1. The Labute approximate surface area is 124 Å². The van der Waals surface area contributed by atoms with E-state index in [9.17, 15) is 13.2 Å². The summed E-state index contributed by atoms with van der Waals surface area (Å²) in [5.41, 5.74) is 5.02. The number of benzene rings is 1. The monoisotopic (exact) mass is 310 g/mol. The topological polar surface area (TPSA) is 125 Å². The molecule has 0 spiro atoms. The van der Waals surface area contributed by atoms with Crippen molar-refractivity contribution in [1.29, 1.82) is 5.26 Å². The third kappa shape index (κ3) is 3.93. The van der Waals surface area contributed by atoms with Crippen molar-refractivity contribution in [1.82, 2.24) is 10.0 Å². The fourth-order valence-electron chi connectivity index (χ4n) is 1.63. The van der Waals surface area contributed by atoms with Gasteiger partial charge in [0.05, 0.1) is 22.7 Å². The number of carbonyl (C=O) groups excluding carboxylic acids is 1. The summed E-state index contributed by atoms with van der Waals surface area (Å²) in [6.45, 7) is 3.17. The van der Waals surface area contributed by atoms with Crippen molar-refractivity contribution in [2.24, 2.45) is 5.41 Å². The molecule has 0 aliphatic heterocycles. The molecule has 1 aromatic carbocycles. The Morgan fingerprint density at radius 1 is 1.43 bits per heavy atom. The van der Waals surface area contributed by atoms with Crippen LogP contribution in [0.3, 0.4) is 0 Å². The maximum absolute atomic E-state index is 12.2. The maximum atomic E-state index is 12.2. The summed E-state index contributed by atoms with van der Waals surface area (Å²) < 4.78 is 26.8. The Kier molecular flexibility index (Phi) is 4.93. The number of nitrogens with one attached hydrogen (secondary N) is 2. The third-order valence-electron chi connectivity index (χ3n) is 2.97. The molecule has 0 fully saturated rings. The number of sulfonamides is 1. The van der Waals surface area contributed by atoms with Crippen LogP contribution in [0.25, 0.3) is 0 Å². The molecule has 0 aliphatic rings. The van der Waals surface area contributed by atoms with E-state index in [0.717, 1.165) is 0 Å². The summed E-state index contributed by atoms with van der Waals surface area (Å²) in [6, 6.07) is 5.80. The molecule has 7 nitrogen and oxygen atoms in total. The van der Waals surface area contributed by atoms with Gasteiger partial charge in [0.25, 0.3) is 0 Å². The van der Waals surface area contributed by atoms with Crippen molar-refractivity contribution in [3.8, 4) is 6.07 Å². The van der Waals surface area contributed by atoms with Gasteiger partial charge < -0.3 is 11.1 Å². The van der Waals surface area contributed by atoms with E-state index < -0.39 is 15.4 Å². The molecule has 0 radical (unpaired) electrons. The summed E-state index contributed by atoms with van der Waals surface area (Å²) in [5.74, 6) is -0.280. The Balaban J connectivity index is 2.98. The van der Waals surface area contributed by atoms with Crippen LogP contribution in [0.1, 0.15) is 19.4 Å². The summed E-state index contributed by atoms with van der Waals surface area (Å²) in [4.78, 5) is 11.5. The Morgan fingerprint density at radius 2 is 2.05 bits per heavy atom. The first kappa shape index (κ1) is 16.9. The zero-order valence-electron chi connectivity index (χ0n) is 12.1. The minimum Gasteiger partial charge on any atom is -0.398 e. The lowest BCUT2D eigenvalue weighted by Gasteiger charge is -2.23. The van der Waals surface area contributed by atoms with Gasteiger partial charge >= 0.3 is 0 Å². The standard InChI is InChI=1S/C13H18N4O3S/c1-13(2,12(18)16-3)8-17-21(19,20)11-5-4-9(7-14)6-10(11)15/h4-6,17H,8,15H2,1-3H3,(H,16,18). The van der Waals surface area contributed by atoms with Gasteiger partial charge in [-0.1, -0.05) is 0 Å². The van der Waals surface area contributed by atoms with Crippen LogP contribution in [0, 0.1) is 16.7 Å². The van der Waals surface area contributed by atoms with Crippen LogP contribution in [0.4, 0.5) is 5.69 Å². The number of rotatable bonds is 5. The molecule has 21 heavy (non-hydrogen) atoms. The summed E-state index contributed by atoms with van der Waals surface area (Å²) in [6.07, 6.45) is 0. The Bertz CT molecular complexity index is 690. The van der Waals surface area contributed by atoms with Crippen LogP contribution in [-0.4, -0.2) is 27.9 Å². The highest BCUT2D eigenvalue weighted by Gasteiger charge is 2.29. The molecular weight excluding hydrogens is 292 g/mol. The van der Waals surface area contributed by atoms with Gasteiger partial charge in [-0.25, -0.2) is 13.1 Å². The van der Waals surface area contributed by atoms with E-state index in [1.807, 2.05) is 6.07 Å². The van der Waals surface area contributed by atoms with Crippen LogP contribution in [0.15, 0.2) is 23.1 Å². The van der Waals surface area contributed by atoms with E-state index in [-0.39, 0.29) is 28.6 Å². The third-order valence-corrected chi connectivity index (χ3v) is 4.45. The van der Waals surface area contributed by atoms with Crippen molar-refractivity contribution >= 4 is 21.6 Å². The molecular formula is C13H18N4O3S. The smallest absolute Gasteiger partial charge is 0.242 e. The lowest BCUT2D eigenvalue weighted by atomic mass is 9.93. The normalized spacial score (nSPS) is 11.7. The first-order valence-corrected chi connectivity index (χ1v) is 7.64. The molecule has 4 N–H and O–H groups in total. The first-order chi connectivity index (χ1) is 9.64. The fraction of sp³-hybridized carbons (Fsp3) is 0.385. The van der Waals surface area contributed by atoms with Gasteiger partial charge in [-0.15, -0.1) is 0 Å². The highest BCUT2D eigenvalue weighted by atomic mass is 32.2. The average molecular weight is 310 g/mol. The molecule has 1 aromatic rings. The number of hydrogen-bond acceptors (Lipinski definition) is 5. The molecule has 114 valence electrons. The zero-order valence-corrected chi connectivity index (χ0v) is 12.9. The summed E-state index contributed by atoms with van der Waals surface area (Å²) in [7, 11) is -2.37. The van der Waals surface area contributed by atoms with Crippen LogP contribution in [0.5, 0.6) is 0 Å². The van der Waals surface area contributed by atoms with Gasteiger partial charge in [0, 0.05) is 13.6 Å².